The van der Waals surface area contributed by atoms with E-state index in [0.29, 0.717) is 12.5 Å². The van der Waals surface area contributed by atoms with Gasteiger partial charge in [-0.05, 0) is 17.5 Å². The Labute approximate surface area is 165 Å². The zero-order chi connectivity index (χ0) is 19.2. The first kappa shape index (κ1) is 19.3. The average molecular weight is 401 g/mol. The molecule has 0 saturated heterocycles. The number of urea groups is 1. The van der Waals surface area contributed by atoms with Crippen LogP contribution in [-0.4, -0.2) is 34.2 Å². The zero-order valence-corrected chi connectivity index (χ0v) is 16.7. The molecule has 2 heterocycles. The molecule has 3 rings (SSSR count). The van der Waals surface area contributed by atoms with Crippen molar-refractivity contribution in [2.45, 2.75) is 18.9 Å². The Balaban J connectivity index is 1.66. The number of nitrogens with zero attached hydrogens (tertiary/aromatic N) is 2. The highest BCUT2D eigenvalue weighted by Gasteiger charge is 2.13. The molecule has 0 aliphatic carbocycles. The normalized spacial score (nSPS) is 10.9. The van der Waals surface area contributed by atoms with Crippen molar-refractivity contribution in [2.75, 3.05) is 12.3 Å². The monoisotopic (exact) mass is 400 g/mol. The number of imide groups is 1. The van der Waals surface area contributed by atoms with E-state index in [9.17, 15) is 9.59 Å². The predicted molar refractivity (Wildman–Crippen MR) is 110 cm³/mol. The number of benzene rings is 1. The van der Waals surface area contributed by atoms with Crippen LogP contribution in [0.25, 0.3) is 20.7 Å². The maximum Gasteiger partial charge on any atom is 0.321 e. The molecule has 3 aromatic rings. The fourth-order valence-electron chi connectivity index (χ4n) is 2.33. The molecule has 0 bridgehead atoms. The minimum atomic E-state index is -0.468. The summed E-state index contributed by atoms with van der Waals surface area (Å²) in [6.07, 6.45) is 1.50. The van der Waals surface area contributed by atoms with E-state index in [1.807, 2.05) is 50.2 Å². The lowest BCUT2D eigenvalue weighted by molar-refractivity contribution is -0.117. The smallest absolute Gasteiger partial charge is 0.321 e. The summed E-state index contributed by atoms with van der Waals surface area (Å²) in [5, 5.41) is 6.64. The van der Waals surface area contributed by atoms with Crippen LogP contribution in [0, 0.1) is 5.92 Å². The molecule has 0 saturated carbocycles. The Kier molecular flexibility index (Phi) is 6.41. The van der Waals surface area contributed by atoms with Crippen LogP contribution >= 0.6 is 23.1 Å². The number of thiophene rings is 1. The highest BCUT2D eigenvalue weighted by atomic mass is 32.2. The predicted octanol–water partition coefficient (Wildman–Crippen LogP) is 3.93. The molecule has 2 N–H and O–H groups in total. The number of thioether (sulfide) groups is 1. The summed E-state index contributed by atoms with van der Waals surface area (Å²) in [5.74, 6) is 0.0797. The first-order chi connectivity index (χ1) is 13.0. The summed E-state index contributed by atoms with van der Waals surface area (Å²) < 4.78 is 0. The highest BCUT2D eigenvalue weighted by Crippen LogP contribution is 2.35. The summed E-state index contributed by atoms with van der Waals surface area (Å²) in [5.41, 5.74) is 1.12. The number of hydrogen-bond donors (Lipinski definition) is 2. The molecular formula is C19H20N4O2S2. The molecule has 0 aliphatic heterocycles. The van der Waals surface area contributed by atoms with Gasteiger partial charge in [0.1, 0.15) is 16.2 Å². The number of fused-ring (bicyclic) bond motifs is 1. The van der Waals surface area contributed by atoms with Crippen LogP contribution < -0.4 is 10.6 Å². The lowest BCUT2D eigenvalue weighted by atomic mass is 10.2. The third-order valence-corrected chi connectivity index (χ3v) is 5.71. The van der Waals surface area contributed by atoms with Gasteiger partial charge in [-0.3, -0.25) is 10.1 Å². The van der Waals surface area contributed by atoms with Crippen LogP contribution in [0.5, 0.6) is 0 Å². The molecule has 6 nitrogen and oxygen atoms in total. The van der Waals surface area contributed by atoms with Crippen LogP contribution in [0.1, 0.15) is 13.8 Å². The summed E-state index contributed by atoms with van der Waals surface area (Å²) in [6, 6.07) is 11.6. The number of aromatic nitrogens is 2. The van der Waals surface area contributed by atoms with Gasteiger partial charge in [0.05, 0.1) is 5.75 Å². The summed E-state index contributed by atoms with van der Waals surface area (Å²) >= 11 is 2.89. The molecule has 140 valence electrons. The van der Waals surface area contributed by atoms with Gasteiger partial charge >= 0.3 is 6.03 Å². The quantitative estimate of drug-likeness (QED) is 0.484. The van der Waals surface area contributed by atoms with E-state index in [0.717, 1.165) is 25.7 Å². The maximum atomic E-state index is 12.0. The molecule has 1 aromatic carbocycles. The Morgan fingerprint density at radius 2 is 1.96 bits per heavy atom. The fourth-order valence-corrected chi connectivity index (χ4v) is 4.17. The SMILES string of the molecule is CC(C)CNC(=O)NC(=O)CSc1ncnc2sc(-c3ccccc3)cc12. The van der Waals surface area contributed by atoms with Gasteiger partial charge in [-0.25, -0.2) is 14.8 Å². The Hall–Kier alpha value is -2.45. The van der Waals surface area contributed by atoms with E-state index in [1.54, 1.807) is 11.3 Å². The van der Waals surface area contributed by atoms with E-state index in [2.05, 4.69) is 20.6 Å². The van der Waals surface area contributed by atoms with E-state index in [-0.39, 0.29) is 11.7 Å². The Morgan fingerprint density at radius 3 is 2.70 bits per heavy atom. The lowest BCUT2D eigenvalue weighted by Crippen LogP contribution is -2.41. The number of rotatable bonds is 6. The molecule has 0 spiro atoms. The first-order valence-electron chi connectivity index (χ1n) is 8.53. The third-order valence-electron chi connectivity index (χ3n) is 3.61. The van der Waals surface area contributed by atoms with Crippen LogP contribution in [0.15, 0.2) is 47.8 Å². The van der Waals surface area contributed by atoms with Crippen molar-refractivity contribution in [3.8, 4) is 10.4 Å². The van der Waals surface area contributed by atoms with Gasteiger partial charge in [-0.15, -0.1) is 11.3 Å². The largest absolute Gasteiger partial charge is 0.338 e. The van der Waals surface area contributed by atoms with Crippen molar-refractivity contribution in [3.05, 3.63) is 42.7 Å². The van der Waals surface area contributed by atoms with Crippen molar-refractivity contribution in [2.24, 2.45) is 5.92 Å². The number of amides is 3. The highest BCUT2D eigenvalue weighted by molar-refractivity contribution is 8.00. The van der Waals surface area contributed by atoms with Gasteiger partial charge in [-0.1, -0.05) is 55.9 Å². The molecule has 0 fully saturated rings. The molecule has 8 heteroatoms. The van der Waals surface area contributed by atoms with Crippen LogP contribution in [0.4, 0.5) is 4.79 Å². The molecule has 0 aliphatic rings. The van der Waals surface area contributed by atoms with Gasteiger partial charge in [0.25, 0.3) is 0 Å². The third kappa shape index (κ3) is 5.27. The number of hydrogen-bond acceptors (Lipinski definition) is 6. The molecular weight excluding hydrogens is 380 g/mol. The topological polar surface area (TPSA) is 84.0 Å². The second-order valence-corrected chi connectivity index (χ2v) is 8.31. The van der Waals surface area contributed by atoms with Gasteiger partial charge in [0.15, 0.2) is 0 Å². The van der Waals surface area contributed by atoms with Crippen molar-refractivity contribution in [3.63, 3.8) is 0 Å². The number of nitrogens with one attached hydrogen (secondary N) is 2. The average Bonchev–Trinajstić information content (AvgIpc) is 3.10. The van der Waals surface area contributed by atoms with Gasteiger partial charge < -0.3 is 5.32 Å². The van der Waals surface area contributed by atoms with Gasteiger partial charge in [0, 0.05) is 16.8 Å². The van der Waals surface area contributed by atoms with Crippen molar-refractivity contribution in [1.82, 2.24) is 20.6 Å². The van der Waals surface area contributed by atoms with Crippen LogP contribution in [0.2, 0.25) is 0 Å². The number of carbonyl (C=O) groups excluding carboxylic acids is 2. The lowest BCUT2D eigenvalue weighted by Gasteiger charge is -2.08. The zero-order valence-electron chi connectivity index (χ0n) is 15.1. The fraction of sp³-hybridized carbons (Fsp3) is 0.263. The van der Waals surface area contributed by atoms with Crippen molar-refractivity contribution < 1.29 is 9.59 Å². The number of carbonyl (C=O) groups is 2. The standard InChI is InChI=1S/C19H20N4O2S2/c1-12(2)9-20-19(25)23-16(24)10-26-17-14-8-15(13-6-4-3-5-7-13)27-18(14)22-11-21-17/h3-8,11-12H,9-10H2,1-2H3,(H2,20,23,24,25). The maximum absolute atomic E-state index is 12.0. The molecule has 3 amide bonds. The summed E-state index contributed by atoms with van der Waals surface area (Å²) in [6.45, 7) is 4.50. The molecule has 0 atom stereocenters. The van der Waals surface area contributed by atoms with E-state index in [1.165, 1.54) is 18.1 Å². The molecule has 27 heavy (non-hydrogen) atoms. The second-order valence-electron chi connectivity index (χ2n) is 6.32. The van der Waals surface area contributed by atoms with Crippen LogP contribution in [0.3, 0.4) is 0 Å². The van der Waals surface area contributed by atoms with E-state index in [4.69, 9.17) is 0 Å². The van der Waals surface area contributed by atoms with Crippen molar-refractivity contribution >= 4 is 45.3 Å². The second kappa shape index (κ2) is 8.96. The molecule has 2 aromatic heterocycles. The van der Waals surface area contributed by atoms with Crippen molar-refractivity contribution in [1.29, 1.82) is 0 Å². The summed E-state index contributed by atoms with van der Waals surface area (Å²) in [4.78, 5) is 34.3. The van der Waals surface area contributed by atoms with E-state index >= 15 is 0 Å². The van der Waals surface area contributed by atoms with Gasteiger partial charge in [0.2, 0.25) is 5.91 Å². The molecule has 0 unspecified atom stereocenters. The Bertz CT molecular complexity index is 941. The Morgan fingerprint density at radius 1 is 1.19 bits per heavy atom. The van der Waals surface area contributed by atoms with E-state index < -0.39 is 6.03 Å². The minimum Gasteiger partial charge on any atom is -0.338 e. The van der Waals surface area contributed by atoms with Crippen LogP contribution in [-0.2, 0) is 4.79 Å². The first-order valence-corrected chi connectivity index (χ1v) is 10.3. The minimum absolute atomic E-state index is 0.109. The molecule has 0 radical (unpaired) electrons. The summed E-state index contributed by atoms with van der Waals surface area (Å²) in [7, 11) is 0. The van der Waals surface area contributed by atoms with Gasteiger partial charge in [-0.2, -0.15) is 0 Å².